The quantitative estimate of drug-likeness (QED) is 0.828. The molecule has 0 saturated carbocycles. The molecule has 0 aliphatic carbocycles. The van der Waals surface area contributed by atoms with Gasteiger partial charge >= 0.3 is 0 Å². The number of carbonyl (C=O) groups is 1. The number of hydrogen-bond donors (Lipinski definition) is 0. The van der Waals surface area contributed by atoms with Gasteiger partial charge in [0.25, 0.3) is 5.91 Å². The lowest BCUT2D eigenvalue weighted by Gasteiger charge is -2.52. The SMILES string of the molecule is Cc1noc(C)c1CN1CC[C@H]2N(c3ccc(F)cc3)C(=O)CO[C@]2(C)C1. The second-order valence-corrected chi connectivity index (χ2v) is 7.66. The largest absolute Gasteiger partial charge is 0.362 e. The van der Waals surface area contributed by atoms with E-state index in [4.69, 9.17) is 9.26 Å². The number of ether oxygens (including phenoxy) is 1. The van der Waals surface area contributed by atoms with Crippen molar-refractivity contribution in [3.8, 4) is 0 Å². The predicted molar refractivity (Wildman–Crippen MR) is 97.9 cm³/mol. The van der Waals surface area contributed by atoms with E-state index in [2.05, 4.69) is 17.0 Å². The average Bonchev–Trinajstić information content (AvgIpc) is 2.95. The molecule has 1 aromatic carbocycles. The van der Waals surface area contributed by atoms with Crippen LogP contribution in [0.15, 0.2) is 28.8 Å². The Kier molecular flexibility index (Phi) is 4.52. The maximum Gasteiger partial charge on any atom is 0.253 e. The zero-order valence-electron chi connectivity index (χ0n) is 15.9. The number of halogens is 1. The molecule has 2 atom stereocenters. The molecule has 0 bridgehead atoms. The van der Waals surface area contributed by atoms with Gasteiger partial charge in [-0.25, -0.2) is 4.39 Å². The van der Waals surface area contributed by atoms with Gasteiger partial charge in [-0.15, -0.1) is 0 Å². The Balaban J connectivity index is 1.56. The Morgan fingerprint density at radius 2 is 2.04 bits per heavy atom. The molecule has 2 saturated heterocycles. The van der Waals surface area contributed by atoms with Crippen molar-refractivity contribution in [2.75, 3.05) is 24.6 Å². The topological polar surface area (TPSA) is 58.8 Å². The number of hydrogen-bond acceptors (Lipinski definition) is 5. The third kappa shape index (κ3) is 3.26. The summed E-state index contributed by atoms with van der Waals surface area (Å²) in [5.41, 5.74) is 2.26. The molecule has 2 aromatic rings. The van der Waals surface area contributed by atoms with Gasteiger partial charge in [0.15, 0.2) is 0 Å². The maximum atomic E-state index is 13.3. The lowest BCUT2D eigenvalue weighted by atomic mass is 9.85. The average molecular weight is 373 g/mol. The molecule has 0 spiro atoms. The van der Waals surface area contributed by atoms with Crippen LogP contribution in [0.1, 0.15) is 30.4 Å². The summed E-state index contributed by atoms with van der Waals surface area (Å²) in [6, 6.07) is 6.03. The van der Waals surface area contributed by atoms with Crippen LogP contribution in [-0.2, 0) is 16.1 Å². The molecule has 27 heavy (non-hydrogen) atoms. The van der Waals surface area contributed by atoms with Crippen LogP contribution < -0.4 is 4.90 Å². The molecule has 4 rings (SSSR count). The summed E-state index contributed by atoms with van der Waals surface area (Å²) in [5.74, 6) is 0.451. The van der Waals surface area contributed by atoms with E-state index in [1.54, 1.807) is 17.0 Å². The lowest BCUT2D eigenvalue weighted by Crippen LogP contribution is -2.67. The predicted octanol–water partition coefficient (Wildman–Crippen LogP) is 2.83. The molecule has 144 valence electrons. The first-order valence-corrected chi connectivity index (χ1v) is 9.23. The Morgan fingerprint density at radius 1 is 1.30 bits per heavy atom. The third-order valence-electron chi connectivity index (χ3n) is 5.73. The normalized spacial score (nSPS) is 26.3. The van der Waals surface area contributed by atoms with E-state index in [0.29, 0.717) is 6.54 Å². The molecule has 7 heteroatoms. The van der Waals surface area contributed by atoms with E-state index in [1.807, 2.05) is 13.8 Å². The molecule has 2 aliphatic rings. The van der Waals surface area contributed by atoms with Crippen LogP contribution in [-0.4, -0.2) is 47.3 Å². The number of nitrogens with zero attached hydrogens (tertiary/aromatic N) is 3. The van der Waals surface area contributed by atoms with Crippen molar-refractivity contribution in [2.24, 2.45) is 0 Å². The second kappa shape index (κ2) is 6.73. The zero-order valence-corrected chi connectivity index (χ0v) is 15.9. The van der Waals surface area contributed by atoms with Crippen LogP contribution in [0.2, 0.25) is 0 Å². The summed E-state index contributed by atoms with van der Waals surface area (Å²) in [5, 5.41) is 4.03. The highest BCUT2D eigenvalue weighted by Crippen LogP contribution is 2.36. The summed E-state index contributed by atoms with van der Waals surface area (Å²) >= 11 is 0. The van der Waals surface area contributed by atoms with Crippen LogP contribution in [0.3, 0.4) is 0 Å². The number of aromatic nitrogens is 1. The highest BCUT2D eigenvalue weighted by molar-refractivity contribution is 5.96. The van der Waals surface area contributed by atoms with Crippen molar-refractivity contribution in [3.63, 3.8) is 0 Å². The Morgan fingerprint density at radius 3 is 2.70 bits per heavy atom. The van der Waals surface area contributed by atoms with Crippen LogP contribution in [0.25, 0.3) is 0 Å². The van der Waals surface area contributed by atoms with E-state index in [1.165, 1.54) is 12.1 Å². The van der Waals surface area contributed by atoms with Crippen molar-refractivity contribution in [1.82, 2.24) is 10.1 Å². The van der Waals surface area contributed by atoms with Crippen molar-refractivity contribution in [1.29, 1.82) is 0 Å². The summed E-state index contributed by atoms with van der Waals surface area (Å²) in [6.07, 6.45) is 0.781. The Labute approximate surface area is 157 Å². The first-order valence-electron chi connectivity index (χ1n) is 9.23. The standard InChI is InChI=1S/C20H24FN3O3/c1-13-17(14(2)27-22-13)10-23-9-8-18-20(3,12-23)26-11-19(25)24(18)16-6-4-15(21)5-7-16/h4-7,18H,8-12H2,1-3H3/t18-,20-/m1/s1. The van der Waals surface area contributed by atoms with Crippen molar-refractivity contribution >= 4 is 11.6 Å². The highest BCUT2D eigenvalue weighted by Gasteiger charge is 2.49. The smallest absolute Gasteiger partial charge is 0.253 e. The van der Waals surface area contributed by atoms with Gasteiger partial charge in [0, 0.05) is 30.9 Å². The van der Waals surface area contributed by atoms with Gasteiger partial charge in [-0.2, -0.15) is 0 Å². The number of fused-ring (bicyclic) bond motifs is 1. The number of morpholine rings is 1. The second-order valence-electron chi connectivity index (χ2n) is 7.66. The number of carbonyl (C=O) groups excluding carboxylic acids is 1. The lowest BCUT2D eigenvalue weighted by molar-refractivity contribution is -0.152. The van der Waals surface area contributed by atoms with Gasteiger partial charge in [0.1, 0.15) is 18.2 Å². The molecule has 0 radical (unpaired) electrons. The number of rotatable bonds is 3. The molecule has 0 unspecified atom stereocenters. The number of aryl methyl sites for hydroxylation is 2. The maximum absolute atomic E-state index is 13.3. The summed E-state index contributed by atoms with van der Waals surface area (Å²) in [7, 11) is 0. The molecule has 0 N–H and O–H groups in total. The first kappa shape index (κ1) is 18.1. The van der Waals surface area contributed by atoms with Gasteiger partial charge in [0.2, 0.25) is 0 Å². The molecule has 1 aromatic heterocycles. The number of likely N-dealkylation sites (tertiary alicyclic amines) is 1. The van der Waals surface area contributed by atoms with Crippen LogP contribution in [0, 0.1) is 19.7 Å². The summed E-state index contributed by atoms with van der Waals surface area (Å²) in [6.45, 7) is 8.24. The minimum Gasteiger partial charge on any atom is -0.362 e. The van der Waals surface area contributed by atoms with Crippen molar-refractivity contribution < 1.29 is 18.4 Å². The molecule has 1 amide bonds. The monoisotopic (exact) mass is 373 g/mol. The van der Waals surface area contributed by atoms with Crippen molar-refractivity contribution in [3.05, 3.63) is 47.1 Å². The highest BCUT2D eigenvalue weighted by atomic mass is 19.1. The van der Waals surface area contributed by atoms with E-state index >= 15 is 0 Å². The number of amides is 1. The van der Waals surface area contributed by atoms with Gasteiger partial charge in [-0.1, -0.05) is 5.16 Å². The minimum absolute atomic E-state index is 0.0313. The van der Waals surface area contributed by atoms with E-state index < -0.39 is 5.60 Å². The molecule has 2 fully saturated rings. The van der Waals surface area contributed by atoms with Crippen LogP contribution in [0.5, 0.6) is 0 Å². The third-order valence-corrected chi connectivity index (χ3v) is 5.73. The summed E-state index contributed by atoms with van der Waals surface area (Å²) < 4.78 is 24.6. The van der Waals surface area contributed by atoms with Gasteiger partial charge in [-0.3, -0.25) is 9.69 Å². The Bertz CT molecular complexity index is 831. The number of benzene rings is 1. The minimum atomic E-state index is -0.487. The Hall–Kier alpha value is -2.25. The molecule has 3 heterocycles. The molecular weight excluding hydrogens is 349 g/mol. The van der Waals surface area contributed by atoms with Gasteiger partial charge in [0.05, 0.1) is 17.3 Å². The number of piperidine rings is 1. The fourth-order valence-corrected chi connectivity index (χ4v) is 4.26. The van der Waals surface area contributed by atoms with Crippen molar-refractivity contribution in [2.45, 2.75) is 45.4 Å². The van der Waals surface area contributed by atoms with E-state index in [9.17, 15) is 9.18 Å². The first-order chi connectivity index (χ1) is 12.9. The molecular formula is C20H24FN3O3. The van der Waals surface area contributed by atoms with Crippen LogP contribution in [0.4, 0.5) is 10.1 Å². The number of anilines is 1. The van der Waals surface area contributed by atoms with Gasteiger partial charge < -0.3 is 14.2 Å². The molecule has 6 nitrogen and oxygen atoms in total. The zero-order chi connectivity index (χ0) is 19.2. The van der Waals surface area contributed by atoms with Crippen LogP contribution >= 0.6 is 0 Å². The fraction of sp³-hybridized carbons (Fsp3) is 0.500. The van der Waals surface area contributed by atoms with E-state index in [0.717, 1.165) is 42.2 Å². The van der Waals surface area contributed by atoms with Gasteiger partial charge in [-0.05, 0) is 51.5 Å². The van der Waals surface area contributed by atoms with E-state index in [-0.39, 0.29) is 24.4 Å². The fourth-order valence-electron chi connectivity index (χ4n) is 4.26. The molecule has 2 aliphatic heterocycles. The summed E-state index contributed by atoms with van der Waals surface area (Å²) in [4.78, 5) is 16.7.